The number of anilines is 1. The second-order valence-electron chi connectivity index (χ2n) is 6.71. The highest BCUT2D eigenvalue weighted by Gasteiger charge is 2.27. The minimum absolute atomic E-state index is 0.146. The molecule has 4 rings (SSSR count). The normalized spacial score (nSPS) is 20.7. The van der Waals surface area contributed by atoms with Gasteiger partial charge in [-0.3, -0.25) is 4.98 Å². The summed E-state index contributed by atoms with van der Waals surface area (Å²) < 4.78 is 25.7. The highest BCUT2D eigenvalue weighted by Crippen LogP contribution is 2.30. The molecule has 1 aliphatic rings. The van der Waals surface area contributed by atoms with Gasteiger partial charge in [0.1, 0.15) is 0 Å². The molecule has 2 aromatic carbocycles. The molecule has 2 N–H and O–H groups in total. The average Bonchev–Trinajstić information content (AvgIpc) is 2.70. The maximum absolute atomic E-state index is 12.8. The first-order valence-electron chi connectivity index (χ1n) is 8.77. The van der Waals surface area contributed by atoms with Crippen LogP contribution in [-0.4, -0.2) is 48.9 Å². The van der Waals surface area contributed by atoms with Gasteiger partial charge in [0.05, 0.1) is 33.2 Å². The first-order valence-corrected chi connectivity index (χ1v) is 10.2. The highest BCUT2D eigenvalue weighted by atomic mass is 32.2. The Hall–Kier alpha value is -2.48. The van der Waals surface area contributed by atoms with Crippen molar-refractivity contribution < 1.29 is 18.6 Å². The third kappa shape index (κ3) is 3.29. The van der Waals surface area contributed by atoms with E-state index in [1.807, 2.05) is 23.1 Å². The van der Waals surface area contributed by atoms with Crippen molar-refractivity contribution in [3.05, 3.63) is 60.8 Å². The van der Waals surface area contributed by atoms with E-state index < -0.39 is 22.0 Å². The van der Waals surface area contributed by atoms with Gasteiger partial charge in [-0.2, -0.15) is 0 Å². The standard InChI is InChI=1S/C20H20N2O4S/c23-18-9-10-22(13-19(18)24)17-8-4-5-14-11-16(12-21-20(14)17)27(25,26)15-6-2-1-3-7-15/h1-8,11-12,18-19,23-24H,9-10,13H2/t18-,19-/m1/s1. The number of aromatic nitrogens is 1. The molecule has 3 aromatic rings. The Labute approximate surface area is 157 Å². The molecule has 6 nitrogen and oxygen atoms in total. The van der Waals surface area contributed by atoms with E-state index in [1.54, 1.807) is 36.4 Å². The van der Waals surface area contributed by atoms with Crippen molar-refractivity contribution in [3.63, 3.8) is 0 Å². The van der Waals surface area contributed by atoms with Gasteiger partial charge in [-0.25, -0.2) is 8.42 Å². The Morgan fingerprint density at radius 2 is 1.74 bits per heavy atom. The number of nitrogens with zero attached hydrogens (tertiary/aromatic N) is 2. The van der Waals surface area contributed by atoms with Gasteiger partial charge in [0.25, 0.3) is 0 Å². The number of hydrogen-bond acceptors (Lipinski definition) is 6. The van der Waals surface area contributed by atoms with E-state index in [1.165, 1.54) is 6.20 Å². The molecule has 0 aliphatic carbocycles. The Morgan fingerprint density at radius 3 is 2.48 bits per heavy atom. The van der Waals surface area contributed by atoms with Crippen LogP contribution in [0.25, 0.3) is 10.9 Å². The van der Waals surface area contributed by atoms with Crippen molar-refractivity contribution in [2.75, 3.05) is 18.0 Å². The number of pyridine rings is 1. The Morgan fingerprint density at radius 1 is 0.963 bits per heavy atom. The molecular weight excluding hydrogens is 364 g/mol. The van der Waals surface area contributed by atoms with Gasteiger partial charge in [0, 0.05) is 24.7 Å². The van der Waals surface area contributed by atoms with Crippen LogP contribution < -0.4 is 4.90 Å². The number of aliphatic hydroxyl groups is 2. The maximum Gasteiger partial charge on any atom is 0.208 e. The Bertz CT molecular complexity index is 1070. The fourth-order valence-corrected chi connectivity index (χ4v) is 4.66. The first-order chi connectivity index (χ1) is 13.0. The van der Waals surface area contributed by atoms with Gasteiger partial charge in [-0.1, -0.05) is 30.3 Å². The second kappa shape index (κ2) is 6.92. The van der Waals surface area contributed by atoms with Gasteiger partial charge in [-0.05, 0) is 30.7 Å². The monoisotopic (exact) mass is 384 g/mol. The maximum atomic E-state index is 12.8. The molecule has 0 bridgehead atoms. The molecule has 1 fully saturated rings. The Kier molecular flexibility index (Phi) is 4.59. The van der Waals surface area contributed by atoms with Crippen molar-refractivity contribution in [2.45, 2.75) is 28.4 Å². The van der Waals surface area contributed by atoms with Crippen molar-refractivity contribution in [1.82, 2.24) is 4.98 Å². The van der Waals surface area contributed by atoms with Crippen molar-refractivity contribution >= 4 is 26.4 Å². The van der Waals surface area contributed by atoms with E-state index in [9.17, 15) is 18.6 Å². The van der Waals surface area contributed by atoms with E-state index in [2.05, 4.69) is 4.98 Å². The largest absolute Gasteiger partial charge is 0.390 e. The van der Waals surface area contributed by atoms with Crippen LogP contribution in [0.15, 0.2) is 70.6 Å². The summed E-state index contributed by atoms with van der Waals surface area (Å²) in [6.07, 6.45) is 0.319. The average molecular weight is 384 g/mol. The third-order valence-electron chi connectivity index (χ3n) is 4.92. The number of para-hydroxylation sites is 1. The number of aliphatic hydroxyl groups excluding tert-OH is 2. The zero-order valence-corrected chi connectivity index (χ0v) is 15.4. The molecule has 0 radical (unpaired) electrons. The van der Waals surface area contributed by atoms with Crippen LogP contribution in [0.5, 0.6) is 0 Å². The minimum Gasteiger partial charge on any atom is -0.390 e. The highest BCUT2D eigenvalue weighted by molar-refractivity contribution is 7.91. The number of hydrogen-bond donors (Lipinski definition) is 2. The first kappa shape index (κ1) is 17.9. The lowest BCUT2D eigenvalue weighted by atomic mass is 10.0. The smallest absolute Gasteiger partial charge is 0.208 e. The lowest BCUT2D eigenvalue weighted by molar-refractivity contribution is 0.00807. The molecule has 1 saturated heterocycles. The number of piperidine rings is 1. The zero-order valence-electron chi connectivity index (χ0n) is 14.6. The quantitative estimate of drug-likeness (QED) is 0.718. The molecular formula is C20H20N2O4S. The van der Waals surface area contributed by atoms with Gasteiger partial charge < -0.3 is 15.1 Å². The summed E-state index contributed by atoms with van der Waals surface area (Å²) in [7, 11) is -3.63. The summed E-state index contributed by atoms with van der Waals surface area (Å²) in [6, 6.07) is 15.5. The van der Waals surface area contributed by atoms with Crippen LogP contribution in [0.1, 0.15) is 6.42 Å². The zero-order chi connectivity index (χ0) is 19.0. The van der Waals surface area contributed by atoms with Crippen LogP contribution in [0, 0.1) is 0 Å². The van der Waals surface area contributed by atoms with Gasteiger partial charge >= 0.3 is 0 Å². The summed E-state index contributed by atoms with van der Waals surface area (Å²) >= 11 is 0. The molecule has 2 heterocycles. The lowest BCUT2D eigenvalue weighted by Gasteiger charge is -2.35. The van der Waals surface area contributed by atoms with Crippen LogP contribution in [0.3, 0.4) is 0 Å². The number of fused-ring (bicyclic) bond motifs is 1. The number of sulfone groups is 1. The van der Waals surface area contributed by atoms with E-state index in [4.69, 9.17) is 0 Å². The second-order valence-corrected chi connectivity index (χ2v) is 8.66. The molecule has 1 aliphatic heterocycles. The summed E-state index contributed by atoms with van der Waals surface area (Å²) in [6.45, 7) is 0.912. The number of β-amino-alcohol motifs (C(OH)–C–C–N with tert-alkyl or cyclic N) is 1. The van der Waals surface area contributed by atoms with E-state index >= 15 is 0 Å². The fourth-order valence-electron chi connectivity index (χ4n) is 3.40. The van der Waals surface area contributed by atoms with Crippen LogP contribution in [0.4, 0.5) is 5.69 Å². The van der Waals surface area contributed by atoms with Crippen molar-refractivity contribution in [1.29, 1.82) is 0 Å². The van der Waals surface area contributed by atoms with E-state index in [-0.39, 0.29) is 9.79 Å². The van der Waals surface area contributed by atoms with E-state index in [0.29, 0.717) is 30.4 Å². The Balaban J connectivity index is 1.75. The summed E-state index contributed by atoms with van der Waals surface area (Å²) in [5.41, 5.74) is 1.50. The molecule has 7 heteroatoms. The SMILES string of the molecule is O=S(=O)(c1ccccc1)c1cnc2c(N3CC[C@@H](O)[C@H](O)C3)cccc2c1. The minimum atomic E-state index is -3.63. The summed E-state index contributed by atoms with van der Waals surface area (Å²) in [5, 5.41) is 20.4. The molecule has 0 amide bonds. The predicted molar refractivity (Wildman–Crippen MR) is 102 cm³/mol. The third-order valence-corrected chi connectivity index (χ3v) is 6.65. The number of benzene rings is 2. The molecule has 0 unspecified atom stereocenters. The fraction of sp³-hybridized carbons (Fsp3) is 0.250. The van der Waals surface area contributed by atoms with E-state index in [0.717, 1.165) is 5.69 Å². The molecule has 2 atom stereocenters. The predicted octanol–water partition coefficient (Wildman–Crippen LogP) is 2.00. The molecule has 1 aromatic heterocycles. The van der Waals surface area contributed by atoms with Crippen LogP contribution in [0.2, 0.25) is 0 Å². The van der Waals surface area contributed by atoms with Gasteiger partial charge in [-0.15, -0.1) is 0 Å². The number of rotatable bonds is 3. The lowest BCUT2D eigenvalue weighted by Crippen LogP contribution is -2.46. The molecule has 140 valence electrons. The van der Waals surface area contributed by atoms with Crippen LogP contribution >= 0.6 is 0 Å². The topological polar surface area (TPSA) is 90.7 Å². The van der Waals surface area contributed by atoms with Gasteiger partial charge in [0.2, 0.25) is 9.84 Å². The van der Waals surface area contributed by atoms with Crippen LogP contribution in [-0.2, 0) is 9.84 Å². The van der Waals surface area contributed by atoms with Crippen molar-refractivity contribution in [2.24, 2.45) is 0 Å². The molecule has 0 spiro atoms. The molecule has 0 saturated carbocycles. The van der Waals surface area contributed by atoms with Crippen molar-refractivity contribution in [3.8, 4) is 0 Å². The summed E-state index contributed by atoms with van der Waals surface area (Å²) in [4.78, 5) is 6.78. The summed E-state index contributed by atoms with van der Waals surface area (Å²) in [5.74, 6) is 0. The van der Waals surface area contributed by atoms with Gasteiger partial charge in [0.15, 0.2) is 0 Å². The molecule has 27 heavy (non-hydrogen) atoms.